The molecule has 0 aliphatic heterocycles. The highest BCUT2D eigenvalue weighted by molar-refractivity contribution is 5.96. The van der Waals surface area contributed by atoms with Crippen LogP contribution in [-0.2, 0) is 4.79 Å². The number of carbonyl (C=O) groups is 2. The summed E-state index contributed by atoms with van der Waals surface area (Å²) >= 11 is 0. The molecule has 0 saturated carbocycles. The maximum Gasteiger partial charge on any atom is 0.269 e. The van der Waals surface area contributed by atoms with Gasteiger partial charge in [-0.25, -0.2) is 0 Å². The molecule has 5 heteroatoms. The molecular weight excluding hydrogens is 194 g/mol. The van der Waals surface area contributed by atoms with Gasteiger partial charge in [0.2, 0.25) is 0 Å². The molecule has 15 heavy (non-hydrogen) atoms. The first-order valence-corrected chi connectivity index (χ1v) is 4.50. The molecule has 1 aromatic rings. The number of hydrazine groups is 1. The summed E-state index contributed by atoms with van der Waals surface area (Å²) in [6.07, 6.45) is 0. The Morgan fingerprint density at radius 1 is 1.27 bits per heavy atom. The quantitative estimate of drug-likeness (QED) is 0.583. The number of nitrogens with one attached hydrogen (secondary N) is 2. The molecule has 0 fully saturated rings. The van der Waals surface area contributed by atoms with Crippen molar-refractivity contribution in [1.82, 2.24) is 10.9 Å². The highest BCUT2D eigenvalue weighted by Gasteiger charge is 2.07. The largest absolute Gasteiger partial charge is 0.322 e. The average molecular weight is 207 g/mol. The van der Waals surface area contributed by atoms with E-state index in [0.717, 1.165) is 5.56 Å². The predicted octanol–water partition coefficient (Wildman–Crippen LogP) is -0.285. The van der Waals surface area contributed by atoms with E-state index >= 15 is 0 Å². The SMILES string of the molecule is Cc1ccccc1C(=O)NNC(=O)CN. The molecule has 0 aromatic heterocycles. The van der Waals surface area contributed by atoms with E-state index in [1.807, 2.05) is 19.1 Å². The molecule has 80 valence electrons. The van der Waals surface area contributed by atoms with E-state index in [9.17, 15) is 9.59 Å². The van der Waals surface area contributed by atoms with Crippen LogP contribution in [0.3, 0.4) is 0 Å². The summed E-state index contributed by atoms with van der Waals surface area (Å²) < 4.78 is 0. The summed E-state index contributed by atoms with van der Waals surface area (Å²) in [5.74, 6) is -0.785. The van der Waals surface area contributed by atoms with Gasteiger partial charge in [0.05, 0.1) is 6.54 Å². The molecule has 0 unspecified atom stereocenters. The number of rotatable bonds is 2. The molecule has 0 heterocycles. The van der Waals surface area contributed by atoms with Crippen LogP contribution in [0.25, 0.3) is 0 Å². The van der Waals surface area contributed by atoms with Gasteiger partial charge in [0.25, 0.3) is 11.8 Å². The lowest BCUT2D eigenvalue weighted by Gasteiger charge is -2.07. The standard InChI is InChI=1S/C10H13N3O2/c1-7-4-2-3-5-8(7)10(15)13-12-9(14)6-11/h2-5H,6,11H2,1H3,(H,12,14)(H,13,15). The van der Waals surface area contributed by atoms with Crippen LogP contribution in [0.1, 0.15) is 15.9 Å². The van der Waals surface area contributed by atoms with Crippen LogP contribution < -0.4 is 16.6 Å². The van der Waals surface area contributed by atoms with Crippen LogP contribution in [0.4, 0.5) is 0 Å². The Balaban J connectivity index is 2.62. The first kappa shape index (κ1) is 11.2. The van der Waals surface area contributed by atoms with Crippen LogP contribution in [0.2, 0.25) is 0 Å². The van der Waals surface area contributed by atoms with Gasteiger partial charge in [-0.3, -0.25) is 20.4 Å². The van der Waals surface area contributed by atoms with Gasteiger partial charge in [0, 0.05) is 5.56 Å². The van der Waals surface area contributed by atoms with E-state index in [1.165, 1.54) is 0 Å². The second-order valence-electron chi connectivity index (χ2n) is 3.02. The summed E-state index contributed by atoms with van der Waals surface area (Å²) in [4.78, 5) is 22.3. The molecule has 0 aliphatic carbocycles. The normalized spacial score (nSPS) is 9.47. The minimum absolute atomic E-state index is 0.159. The molecule has 0 atom stereocenters. The summed E-state index contributed by atoms with van der Waals surface area (Å²) in [5, 5.41) is 0. The van der Waals surface area contributed by atoms with Crippen LogP contribution in [-0.4, -0.2) is 18.4 Å². The topological polar surface area (TPSA) is 84.2 Å². The highest BCUT2D eigenvalue weighted by atomic mass is 16.2. The molecule has 0 spiro atoms. The highest BCUT2D eigenvalue weighted by Crippen LogP contribution is 2.05. The molecule has 4 N–H and O–H groups in total. The smallest absolute Gasteiger partial charge is 0.269 e. The van der Waals surface area contributed by atoms with Gasteiger partial charge < -0.3 is 5.73 Å². The van der Waals surface area contributed by atoms with Crippen molar-refractivity contribution in [3.8, 4) is 0 Å². The molecule has 0 aliphatic rings. The van der Waals surface area contributed by atoms with Gasteiger partial charge in [-0.05, 0) is 18.6 Å². The third-order valence-corrected chi connectivity index (χ3v) is 1.89. The molecule has 0 saturated heterocycles. The van der Waals surface area contributed by atoms with Crippen molar-refractivity contribution in [2.45, 2.75) is 6.92 Å². The van der Waals surface area contributed by atoms with Crippen molar-refractivity contribution in [1.29, 1.82) is 0 Å². The zero-order chi connectivity index (χ0) is 11.3. The number of amides is 2. The number of aryl methyl sites for hydroxylation is 1. The lowest BCUT2D eigenvalue weighted by molar-refractivity contribution is -0.120. The van der Waals surface area contributed by atoms with Gasteiger partial charge >= 0.3 is 0 Å². The molecule has 1 aromatic carbocycles. The maximum absolute atomic E-state index is 11.5. The summed E-state index contributed by atoms with van der Waals surface area (Å²) in [6, 6.07) is 7.09. The predicted molar refractivity (Wildman–Crippen MR) is 55.8 cm³/mol. The minimum Gasteiger partial charge on any atom is -0.322 e. The lowest BCUT2D eigenvalue weighted by Crippen LogP contribution is -2.44. The first-order valence-electron chi connectivity index (χ1n) is 4.50. The van der Waals surface area contributed by atoms with Crippen molar-refractivity contribution in [2.75, 3.05) is 6.54 Å². The molecule has 0 bridgehead atoms. The van der Waals surface area contributed by atoms with Gasteiger partial charge in [0.1, 0.15) is 0 Å². The monoisotopic (exact) mass is 207 g/mol. The Morgan fingerprint density at radius 2 is 1.93 bits per heavy atom. The number of benzene rings is 1. The van der Waals surface area contributed by atoms with E-state index in [0.29, 0.717) is 5.56 Å². The summed E-state index contributed by atoms with van der Waals surface area (Å²) in [5.41, 5.74) is 10.9. The second kappa shape index (κ2) is 5.11. The fourth-order valence-corrected chi connectivity index (χ4v) is 1.07. The summed E-state index contributed by atoms with van der Waals surface area (Å²) in [7, 11) is 0. The van der Waals surface area contributed by atoms with Gasteiger partial charge in [-0.15, -0.1) is 0 Å². The van der Waals surface area contributed by atoms with Crippen molar-refractivity contribution >= 4 is 11.8 Å². The van der Waals surface area contributed by atoms with Crippen LogP contribution in [0.5, 0.6) is 0 Å². The Hall–Kier alpha value is -1.88. The van der Waals surface area contributed by atoms with Gasteiger partial charge in [-0.2, -0.15) is 0 Å². The van der Waals surface area contributed by atoms with Crippen molar-refractivity contribution < 1.29 is 9.59 Å². The third-order valence-electron chi connectivity index (χ3n) is 1.89. The van der Waals surface area contributed by atoms with E-state index in [-0.39, 0.29) is 12.5 Å². The van der Waals surface area contributed by atoms with Crippen LogP contribution in [0.15, 0.2) is 24.3 Å². The molecule has 0 radical (unpaired) electrons. The number of hydrogen-bond donors (Lipinski definition) is 3. The maximum atomic E-state index is 11.5. The Morgan fingerprint density at radius 3 is 2.53 bits per heavy atom. The number of carbonyl (C=O) groups excluding carboxylic acids is 2. The van der Waals surface area contributed by atoms with Crippen LogP contribution >= 0.6 is 0 Å². The second-order valence-corrected chi connectivity index (χ2v) is 3.02. The Labute approximate surface area is 87.6 Å². The lowest BCUT2D eigenvalue weighted by atomic mass is 10.1. The molecule has 2 amide bonds. The number of nitrogens with two attached hydrogens (primary N) is 1. The average Bonchev–Trinajstić information content (AvgIpc) is 2.26. The van der Waals surface area contributed by atoms with E-state index < -0.39 is 5.91 Å². The third kappa shape index (κ3) is 3.07. The van der Waals surface area contributed by atoms with Crippen molar-refractivity contribution in [3.05, 3.63) is 35.4 Å². The van der Waals surface area contributed by atoms with Crippen LogP contribution in [0, 0.1) is 6.92 Å². The zero-order valence-corrected chi connectivity index (χ0v) is 8.41. The number of hydrogen-bond acceptors (Lipinski definition) is 3. The molecule has 1 rings (SSSR count). The Bertz CT molecular complexity index is 377. The van der Waals surface area contributed by atoms with Gasteiger partial charge in [0.15, 0.2) is 0 Å². The first-order chi connectivity index (χ1) is 7.15. The Kier molecular flexibility index (Phi) is 3.82. The van der Waals surface area contributed by atoms with Crippen molar-refractivity contribution in [2.24, 2.45) is 5.73 Å². The molecular formula is C10H13N3O2. The van der Waals surface area contributed by atoms with Crippen molar-refractivity contribution in [3.63, 3.8) is 0 Å². The van der Waals surface area contributed by atoms with E-state index in [1.54, 1.807) is 12.1 Å². The zero-order valence-electron chi connectivity index (χ0n) is 8.41. The van der Waals surface area contributed by atoms with E-state index in [2.05, 4.69) is 10.9 Å². The molecule has 5 nitrogen and oxygen atoms in total. The fourth-order valence-electron chi connectivity index (χ4n) is 1.07. The minimum atomic E-state index is -0.433. The fraction of sp³-hybridized carbons (Fsp3) is 0.200. The van der Waals surface area contributed by atoms with E-state index in [4.69, 9.17) is 5.73 Å². The summed E-state index contributed by atoms with van der Waals surface area (Å²) in [6.45, 7) is 1.66. The van der Waals surface area contributed by atoms with Gasteiger partial charge in [-0.1, -0.05) is 18.2 Å².